The molecule has 0 amide bonds. The summed E-state index contributed by atoms with van der Waals surface area (Å²) in [4.78, 5) is 0. The molecule has 1 rings (SSSR count). The lowest BCUT2D eigenvalue weighted by molar-refractivity contribution is -0.915. The molecular formula is C13H28ClN. The lowest BCUT2D eigenvalue weighted by Crippen LogP contribution is -3.00. The van der Waals surface area contributed by atoms with Crippen LogP contribution in [0.3, 0.4) is 0 Å². The molecule has 0 aromatic heterocycles. The molecule has 1 nitrogen and oxygen atoms in total. The Bertz CT molecular complexity index is 141. The first-order chi connectivity index (χ1) is 6.83. The van der Waals surface area contributed by atoms with Gasteiger partial charge in [0.05, 0.1) is 26.2 Å². The van der Waals surface area contributed by atoms with Crippen molar-refractivity contribution in [3.8, 4) is 0 Å². The van der Waals surface area contributed by atoms with Gasteiger partial charge in [-0.05, 0) is 19.8 Å². The molecule has 1 aliphatic rings. The molecule has 15 heavy (non-hydrogen) atoms. The summed E-state index contributed by atoms with van der Waals surface area (Å²) in [7, 11) is 0. The number of unbranched alkanes of at least 4 members (excludes halogenated alkanes) is 4. The molecule has 0 spiro atoms. The van der Waals surface area contributed by atoms with Gasteiger partial charge in [0.25, 0.3) is 0 Å². The second kappa shape index (κ2) is 8.41. The Kier molecular flexibility index (Phi) is 8.55. The van der Waals surface area contributed by atoms with Crippen LogP contribution >= 0.6 is 0 Å². The van der Waals surface area contributed by atoms with Gasteiger partial charge in [-0.3, -0.25) is 0 Å². The Morgan fingerprint density at radius 1 is 0.867 bits per heavy atom. The topological polar surface area (TPSA) is 0 Å². The summed E-state index contributed by atoms with van der Waals surface area (Å²) in [6.45, 7) is 10.4. The molecule has 0 saturated carbocycles. The quantitative estimate of drug-likeness (QED) is 0.446. The summed E-state index contributed by atoms with van der Waals surface area (Å²) in [6, 6.07) is 0. The summed E-state index contributed by atoms with van der Waals surface area (Å²) >= 11 is 0. The summed E-state index contributed by atoms with van der Waals surface area (Å²) in [5.41, 5.74) is 0. The fraction of sp³-hybridized carbons (Fsp3) is 1.00. The first-order valence-corrected chi connectivity index (χ1v) is 6.68. The maximum atomic E-state index is 2.37. The number of halogens is 1. The van der Waals surface area contributed by atoms with E-state index < -0.39 is 0 Å². The van der Waals surface area contributed by atoms with Crippen LogP contribution in [0, 0.1) is 0 Å². The molecule has 0 radical (unpaired) electrons. The van der Waals surface area contributed by atoms with Crippen molar-refractivity contribution >= 4 is 0 Å². The van der Waals surface area contributed by atoms with E-state index in [1.807, 2.05) is 0 Å². The average Bonchev–Trinajstić information content (AvgIpc) is 2.67. The lowest BCUT2D eigenvalue weighted by Gasteiger charge is -2.33. The first kappa shape index (κ1) is 15.2. The predicted octanol–water partition coefficient (Wildman–Crippen LogP) is 0.591. The van der Waals surface area contributed by atoms with E-state index in [2.05, 4.69) is 13.8 Å². The van der Waals surface area contributed by atoms with E-state index in [0.717, 1.165) is 0 Å². The minimum absolute atomic E-state index is 0. The van der Waals surface area contributed by atoms with Crippen molar-refractivity contribution in [2.45, 2.75) is 58.8 Å². The summed E-state index contributed by atoms with van der Waals surface area (Å²) < 4.78 is 1.44. The van der Waals surface area contributed by atoms with E-state index in [-0.39, 0.29) is 12.4 Å². The maximum Gasteiger partial charge on any atom is 0.0788 e. The van der Waals surface area contributed by atoms with Gasteiger partial charge in [0.1, 0.15) is 0 Å². The largest absolute Gasteiger partial charge is 1.00 e. The minimum atomic E-state index is 0. The number of likely N-dealkylation sites (tertiary alicyclic amines) is 1. The normalized spacial score (nSPS) is 18.8. The number of nitrogens with zero attached hydrogens (tertiary/aromatic N) is 1. The van der Waals surface area contributed by atoms with Crippen molar-refractivity contribution in [3.05, 3.63) is 0 Å². The van der Waals surface area contributed by atoms with Crippen molar-refractivity contribution < 1.29 is 16.9 Å². The molecule has 0 bridgehead atoms. The van der Waals surface area contributed by atoms with Crippen LogP contribution in [0.15, 0.2) is 0 Å². The van der Waals surface area contributed by atoms with Gasteiger partial charge in [-0.25, -0.2) is 0 Å². The van der Waals surface area contributed by atoms with E-state index in [1.165, 1.54) is 75.6 Å². The van der Waals surface area contributed by atoms with Gasteiger partial charge in [0.15, 0.2) is 0 Å². The molecule has 2 heteroatoms. The number of quaternary nitrogens is 1. The third-order valence-corrected chi connectivity index (χ3v) is 3.92. The van der Waals surface area contributed by atoms with E-state index in [1.54, 1.807) is 0 Å². The van der Waals surface area contributed by atoms with Crippen LogP contribution < -0.4 is 12.4 Å². The maximum absolute atomic E-state index is 2.37. The lowest BCUT2D eigenvalue weighted by atomic mass is 10.1. The highest BCUT2D eigenvalue weighted by atomic mass is 35.5. The van der Waals surface area contributed by atoms with E-state index >= 15 is 0 Å². The third kappa shape index (κ3) is 5.21. The van der Waals surface area contributed by atoms with Gasteiger partial charge in [-0.2, -0.15) is 0 Å². The van der Waals surface area contributed by atoms with Crippen LogP contribution in [0.2, 0.25) is 0 Å². The monoisotopic (exact) mass is 233 g/mol. The van der Waals surface area contributed by atoms with Crippen LogP contribution in [-0.4, -0.2) is 30.7 Å². The van der Waals surface area contributed by atoms with Gasteiger partial charge in [0, 0.05) is 12.8 Å². The molecule has 1 saturated heterocycles. The molecule has 0 aromatic rings. The van der Waals surface area contributed by atoms with Crippen LogP contribution in [0.5, 0.6) is 0 Å². The van der Waals surface area contributed by atoms with Crippen molar-refractivity contribution in [2.75, 3.05) is 26.2 Å². The number of hydrogen-bond acceptors (Lipinski definition) is 0. The Morgan fingerprint density at radius 2 is 1.47 bits per heavy atom. The second-order valence-corrected chi connectivity index (χ2v) is 4.95. The smallest absolute Gasteiger partial charge is 0.0788 e. The van der Waals surface area contributed by atoms with Crippen LogP contribution in [0.25, 0.3) is 0 Å². The fourth-order valence-electron chi connectivity index (χ4n) is 2.75. The first-order valence-electron chi connectivity index (χ1n) is 6.68. The molecule has 0 N–H and O–H groups in total. The highest BCUT2D eigenvalue weighted by Gasteiger charge is 2.28. The Hall–Kier alpha value is 0.250. The molecule has 1 heterocycles. The third-order valence-electron chi connectivity index (χ3n) is 3.92. The van der Waals surface area contributed by atoms with Crippen LogP contribution in [-0.2, 0) is 0 Å². The van der Waals surface area contributed by atoms with Crippen molar-refractivity contribution in [1.29, 1.82) is 0 Å². The molecule has 0 aromatic carbocycles. The zero-order valence-electron chi connectivity index (χ0n) is 10.6. The van der Waals surface area contributed by atoms with Gasteiger partial charge < -0.3 is 16.9 Å². The van der Waals surface area contributed by atoms with E-state index in [9.17, 15) is 0 Å². The predicted molar refractivity (Wildman–Crippen MR) is 63.4 cm³/mol. The SMILES string of the molecule is CCCCCCC[N+]1(CC)CCCC1.[Cl-]. The highest BCUT2D eigenvalue weighted by molar-refractivity contribution is 4.54. The zero-order chi connectivity index (χ0) is 10.3. The number of hydrogen-bond donors (Lipinski definition) is 0. The number of rotatable bonds is 7. The van der Waals surface area contributed by atoms with Crippen LogP contribution in [0.4, 0.5) is 0 Å². The summed E-state index contributed by atoms with van der Waals surface area (Å²) in [5.74, 6) is 0. The summed E-state index contributed by atoms with van der Waals surface area (Å²) in [5, 5.41) is 0. The molecule has 92 valence electrons. The molecule has 0 aliphatic carbocycles. The minimum Gasteiger partial charge on any atom is -1.00 e. The van der Waals surface area contributed by atoms with Gasteiger partial charge in [0.2, 0.25) is 0 Å². The molecule has 1 fully saturated rings. The molecule has 0 atom stereocenters. The van der Waals surface area contributed by atoms with Gasteiger partial charge in [-0.15, -0.1) is 0 Å². The summed E-state index contributed by atoms with van der Waals surface area (Å²) in [6.07, 6.45) is 10.1. The Balaban J connectivity index is 0.00000196. The highest BCUT2D eigenvalue weighted by Crippen LogP contribution is 2.20. The Morgan fingerprint density at radius 3 is 2.00 bits per heavy atom. The van der Waals surface area contributed by atoms with E-state index in [0.29, 0.717) is 0 Å². The second-order valence-electron chi connectivity index (χ2n) is 4.95. The van der Waals surface area contributed by atoms with Crippen LogP contribution in [0.1, 0.15) is 58.8 Å². The van der Waals surface area contributed by atoms with Gasteiger partial charge >= 0.3 is 0 Å². The molecule has 1 aliphatic heterocycles. The standard InChI is InChI=1S/C13H28N.ClH/c1-3-5-6-7-8-11-14(4-2)12-9-10-13-14;/h3-13H2,1-2H3;1H/q+1;/p-1. The zero-order valence-corrected chi connectivity index (χ0v) is 11.4. The molecule has 0 unspecified atom stereocenters. The van der Waals surface area contributed by atoms with Crippen molar-refractivity contribution in [1.82, 2.24) is 0 Å². The Labute approximate surface area is 102 Å². The average molecular weight is 234 g/mol. The van der Waals surface area contributed by atoms with Crippen molar-refractivity contribution in [3.63, 3.8) is 0 Å². The molecular weight excluding hydrogens is 206 g/mol. The van der Waals surface area contributed by atoms with Gasteiger partial charge in [-0.1, -0.05) is 26.2 Å². The van der Waals surface area contributed by atoms with Crippen molar-refractivity contribution in [2.24, 2.45) is 0 Å². The fourth-order valence-corrected chi connectivity index (χ4v) is 2.75. The van der Waals surface area contributed by atoms with E-state index in [4.69, 9.17) is 0 Å².